The van der Waals surface area contributed by atoms with Crippen molar-refractivity contribution in [1.29, 1.82) is 0 Å². The maximum atomic E-state index is 12.8. The van der Waals surface area contributed by atoms with Gasteiger partial charge in [-0.25, -0.2) is 0 Å². The van der Waals surface area contributed by atoms with Crippen LogP contribution < -0.4 is 0 Å². The second-order valence-electron chi connectivity index (χ2n) is 7.61. The number of carbonyl (C=O) groups is 2. The van der Waals surface area contributed by atoms with Crippen LogP contribution in [0.25, 0.3) is 0 Å². The number of likely N-dealkylation sites (tertiary alicyclic amines) is 1. The van der Waals surface area contributed by atoms with Crippen LogP contribution in [-0.2, 0) is 11.3 Å². The number of carbonyl (C=O) groups excluding carboxylic acids is 2. The molecule has 2 amide bonds. The molecule has 0 aromatic heterocycles. The Kier molecular flexibility index (Phi) is 5.74. The summed E-state index contributed by atoms with van der Waals surface area (Å²) in [7, 11) is 0. The van der Waals surface area contributed by atoms with Crippen LogP contribution >= 0.6 is 0 Å². The van der Waals surface area contributed by atoms with Crippen molar-refractivity contribution in [2.45, 2.75) is 33.2 Å². The molecule has 5 nitrogen and oxygen atoms in total. The number of amides is 2. The lowest BCUT2D eigenvalue weighted by molar-refractivity contribution is -0.128. The average Bonchev–Trinajstić information content (AvgIpc) is 2.99. The minimum atomic E-state index is 0.110. The smallest absolute Gasteiger partial charge is 0.253 e. The Bertz CT molecular complexity index is 621. The van der Waals surface area contributed by atoms with Crippen molar-refractivity contribution in [2.75, 3.05) is 39.3 Å². The Morgan fingerprint density at radius 2 is 1.88 bits per heavy atom. The van der Waals surface area contributed by atoms with Gasteiger partial charge in [-0.05, 0) is 30.0 Å². The highest BCUT2D eigenvalue weighted by atomic mass is 16.2. The zero-order valence-electron chi connectivity index (χ0n) is 15.4. The fourth-order valence-electron chi connectivity index (χ4n) is 3.73. The molecule has 0 bridgehead atoms. The van der Waals surface area contributed by atoms with Crippen molar-refractivity contribution in [3.05, 3.63) is 35.4 Å². The zero-order valence-corrected chi connectivity index (χ0v) is 15.4. The second kappa shape index (κ2) is 8.00. The van der Waals surface area contributed by atoms with Gasteiger partial charge in [0.25, 0.3) is 5.91 Å². The van der Waals surface area contributed by atoms with Crippen molar-refractivity contribution in [1.82, 2.24) is 14.7 Å². The third-order valence-corrected chi connectivity index (χ3v) is 5.00. The normalized spacial score (nSPS) is 19.1. The van der Waals surface area contributed by atoms with Gasteiger partial charge in [0.2, 0.25) is 5.91 Å². The average molecular weight is 343 g/mol. The number of benzene rings is 1. The molecule has 0 N–H and O–H groups in total. The van der Waals surface area contributed by atoms with Crippen LogP contribution in [-0.4, -0.2) is 65.8 Å². The van der Waals surface area contributed by atoms with Crippen LogP contribution in [0, 0.1) is 5.92 Å². The Morgan fingerprint density at radius 1 is 1.12 bits per heavy atom. The summed E-state index contributed by atoms with van der Waals surface area (Å²) in [4.78, 5) is 30.9. The fourth-order valence-corrected chi connectivity index (χ4v) is 3.73. The fraction of sp³-hybridized carbons (Fsp3) is 0.600. The van der Waals surface area contributed by atoms with Crippen LogP contribution in [0.5, 0.6) is 0 Å². The monoisotopic (exact) mass is 343 g/mol. The van der Waals surface area contributed by atoms with Gasteiger partial charge in [0, 0.05) is 57.8 Å². The summed E-state index contributed by atoms with van der Waals surface area (Å²) >= 11 is 0. The van der Waals surface area contributed by atoms with Crippen LogP contribution in [0.1, 0.15) is 42.6 Å². The molecular formula is C20H29N3O2. The highest BCUT2D eigenvalue weighted by molar-refractivity contribution is 5.94. The lowest BCUT2D eigenvalue weighted by Crippen LogP contribution is -2.49. The first-order valence-electron chi connectivity index (χ1n) is 9.41. The first-order valence-corrected chi connectivity index (χ1v) is 9.41. The molecule has 2 aliphatic heterocycles. The Labute approximate surface area is 150 Å². The largest absolute Gasteiger partial charge is 0.338 e. The molecule has 5 heteroatoms. The molecule has 0 saturated carbocycles. The van der Waals surface area contributed by atoms with E-state index in [1.807, 2.05) is 34.1 Å². The van der Waals surface area contributed by atoms with Crippen molar-refractivity contribution >= 4 is 11.8 Å². The lowest BCUT2D eigenvalue weighted by Gasteiger charge is -2.35. The number of piperazine rings is 1. The summed E-state index contributed by atoms with van der Waals surface area (Å²) in [6.45, 7) is 10.5. The number of hydrogen-bond donors (Lipinski definition) is 0. The molecule has 1 aromatic rings. The minimum Gasteiger partial charge on any atom is -0.338 e. The van der Waals surface area contributed by atoms with E-state index < -0.39 is 0 Å². The molecule has 2 fully saturated rings. The molecule has 0 radical (unpaired) electrons. The van der Waals surface area contributed by atoms with E-state index in [4.69, 9.17) is 0 Å². The predicted molar refractivity (Wildman–Crippen MR) is 98.3 cm³/mol. The van der Waals surface area contributed by atoms with Gasteiger partial charge < -0.3 is 9.80 Å². The molecule has 0 unspecified atom stereocenters. The van der Waals surface area contributed by atoms with Crippen molar-refractivity contribution in [3.63, 3.8) is 0 Å². The quantitative estimate of drug-likeness (QED) is 0.823. The minimum absolute atomic E-state index is 0.110. The molecule has 0 aliphatic carbocycles. The maximum absolute atomic E-state index is 12.8. The van der Waals surface area contributed by atoms with Crippen LogP contribution in [0.2, 0.25) is 0 Å². The maximum Gasteiger partial charge on any atom is 0.253 e. The Balaban J connectivity index is 1.59. The summed E-state index contributed by atoms with van der Waals surface area (Å²) in [5.74, 6) is 0.990. The highest BCUT2D eigenvalue weighted by Crippen LogP contribution is 2.17. The van der Waals surface area contributed by atoms with E-state index in [1.165, 1.54) is 0 Å². The summed E-state index contributed by atoms with van der Waals surface area (Å²) in [5.41, 5.74) is 1.78. The van der Waals surface area contributed by atoms with E-state index in [1.54, 1.807) is 0 Å². The summed E-state index contributed by atoms with van der Waals surface area (Å²) < 4.78 is 0. The van der Waals surface area contributed by atoms with E-state index >= 15 is 0 Å². The molecule has 0 atom stereocenters. The first kappa shape index (κ1) is 17.9. The number of rotatable bonds is 5. The van der Waals surface area contributed by atoms with E-state index in [0.717, 1.165) is 56.8 Å². The SMILES string of the molecule is CC(C)CN1CCN(C(=O)c2cccc(CN3CCCC3=O)c2)CC1. The Hall–Kier alpha value is -1.88. The topological polar surface area (TPSA) is 43.9 Å². The molecule has 2 heterocycles. The molecule has 25 heavy (non-hydrogen) atoms. The molecule has 2 aliphatic rings. The first-order chi connectivity index (χ1) is 12.0. The standard InChI is InChI=1S/C20H29N3O2/c1-16(2)14-21-9-11-22(12-10-21)20(25)18-6-3-5-17(13-18)15-23-8-4-7-19(23)24/h3,5-6,13,16H,4,7-12,14-15H2,1-2H3. The van der Waals surface area contributed by atoms with Crippen molar-refractivity contribution < 1.29 is 9.59 Å². The zero-order chi connectivity index (χ0) is 17.8. The van der Waals surface area contributed by atoms with Gasteiger partial charge in [0.05, 0.1) is 0 Å². The second-order valence-corrected chi connectivity index (χ2v) is 7.61. The van der Waals surface area contributed by atoms with Crippen LogP contribution in [0.3, 0.4) is 0 Å². The van der Waals surface area contributed by atoms with E-state index in [9.17, 15) is 9.59 Å². The third-order valence-electron chi connectivity index (χ3n) is 5.00. The van der Waals surface area contributed by atoms with Gasteiger partial charge in [0.15, 0.2) is 0 Å². The Morgan fingerprint density at radius 3 is 2.52 bits per heavy atom. The van der Waals surface area contributed by atoms with Crippen LogP contribution in [0.4, 0.5) is 0 Å². The summed E-state index contributed by atoms with van der Waals surface area (Å²) in [6.07, 6.45) is 1.59. The number of nitrogens with zero attached hydrogens (tertiary/aromatic N) is 3. The van der Waals surface area contributed by atoms with Gasteiger partial charge >= 0.3 is 0 Å². The van der Waals surface area contributed by atoms with Gasteiger partial charge in [0.1, 0.15) is 0 Å². The molecule has 2 saturated heterocycles. The molecule has 136 valence electrons. The van der Waals surface area contributed by atoms with Gasteiger partial charge in [-0.1, -0.05) is 26.0 Å². The molecule has 0 spiro atoms. The molecule has 1 aromatic carbocycles. The summed E-state index contributed by atoms with van der Waals surface area (Å²) in [5, 5.41) is 0. The molecule has 3 rings (SSSR count). The summed E-state index contributed by atoms with van der Waals surface area (Å²) in [6, 6.07) is 7.77. The van der Waals surface area contributed by atoms with Crippen LogP contribution in [0.15, 0.2) is 24.3 Å². The van der Waals surface area contributed by atoms with E-state index in [-0.39, 0.29) is 11.8 Å². The van der Waals surface area contributed by atoms with Crippen molar-refractivity contribution in [3.8, 4) is 0 Å². The van der Waals surface area contributed by atoms with Crippen molar-refractivity contribution in [2.24, 2.45) is 5.92 Å². The third kappa shape index (κ3) is 4.60. The van der Waals surface area contributed by atoms with Gasteiger partial charge in [-0.2, -0.15) is 0 Å². The molecular weight excluding hydrogens is 314 g/mol. The number of hydrogen-bond acceptors (Lipinski definition) is 3. The highest BCUT2D eigenvalue weighted by Gasteiger charge is 2.23. The van der Waals surface area contributed by atoms with Gasteiger partial charge in [-0.15, -0.1) is 0 Å². The van der Waals surface area contributed by atoms with E-state index in [2.05, 4.69) is 18.7 Å². The lowest BCUT2D eigenvalue weighted by atomic mass is 10.1. The predicted octanol–water partition coefficient (Wildman–Crippen LogP) is 2.22. The van der Waals surface area contributed by atoms with E-state index in [0.29, 0.717) is 18.9 Å². The van der Waals surface area contributed by atoms with Gasteiger partial charge in [-0.3, -0.25) is 14.5 Å².